The highest BCUT2D eigenvalue weighted by atomic mass is 16.4. The zero-order valence-corrected chi connectivity index (χ0v) is 11.1. The van der Waals surface area contributed by atoms with Gasteiger partial charge in [-0.15, -0.1) is 0 Å². The van der Waals surface area contributed by atoms with Crippen LogP contribution in [0.5, 0.6) is 0 Å². The lowest BCUT2D eigenvalue weighted by Crippen LogP contribution is -2.38. The fourth-order valence-electron chi connectivity index (χ4n) is 2.30. The smallest absolute Gasteiger partial charge is 0.323 e. The van der Waals surface area contributed by atoms with Gasteiger partial charge in [-0.3, -0.25) is 4.79 Å². The van der Waals surface area contributed by atoms with Crippen LogP contribution >= 0.6 is 0 Å². The van der Waals surface area contributed by atoms with E-state index in [-0.39, 0.29) is 11.7 Å². The van der Waals surface area contributed by atoms with Gasteiger partial charge < -0.3 is 20.4 Å². The van der Waals surface area contributed by atoms with Gasteiger partial charge >= 0.3 is 11.7 Å². The van der Waals surface area contributed by atoms with Crippen molar-refractivity contribution in [3.05, 3.63) is 34.2 Å². The Morgan fingerprint density at radius 2 is 1.95 bits per heavy atom. The highest BCUT2D eigenvalue weighted by Crippen LogP contribution is 2.34. The summed E-state index contributed by atoms with van der Waals surface area (Å²) in [5.41, 5.74) is 0.961. The van der Waals surface area contributed by atoms with E-state index in [1.807, 2.05) is 6.07 Å². The Morgan fingerprint density at radius 3 is 2.53 bits per heavy atom. The number of fused-ring (bicyclic) bond motifs is 1. The van der Waals surface area contributed by atoms with E-state index in [4.69, 9.17) is 0 Å². The molecule has 1 atom stereocenters. The van der Waals surface area contributed by atoms with Crippen molar-refractivity contribution < 1.29 is 9.90 Å². The van der Waals surface area contributed by atoms with Crippen molar-refractivity contribution in [1.29, 1.82) is 0 Å². The molecule has 0 spiro atoms. The maximum Gasteiger partial charge on any atom is 0.323 e. The predicted molar refractivity (Wildman–Crippen MR) is 72.1 cm³/mol. The predicted octanol–water partition coefficient (Wildman–Crippen LogP) is 1.23. The van der Waals surface area contributed by atoms with Gasteiger partial charge in [-0.25, -0.2) is 4.79 Å². The summed E-state index contributed by atoms with van der Waals surface area (Å²) in [6.07, 6.45) is 0. The largest absolute Gasteiger partial charge is 0.481 e. The number of carbonyl (C=O) groups is 1. The minimum Gasteiger partial charge on any atom is -0.481 e. The van der Waals surface area contributed by atoms with E-state index < -0.39 is 11.4 Å². The van der Waals surface area contributed by atoms with E-state index >= 15 is 0 Å². The lowest BCUT2D eigenvalue weighted by Gasteiger charge is -2.30. The van der Waals surface area contributed by atoms with Gasteiger partial charge in [-0.1, -0.05) is 6.07 Å². The lowest BCUT2D eigenvalue weighted by molar-refractivity contribution is -0.148. The minimum absolute atomic E-state index is 0.273. The lowest BCUT2D eigenvalue weighted by atomic mass is 9.80. The first-order valence-corrected chi connectivity index (χ1v) is 5.99. The summed E-state index contributed by atoms with van der Waals surface area (Å²) in [4.78, 5) is 27.9. The van der Waals surface area contributed by atoms with Gasteiger partial charge in [0.1, 0.15) is 0 Å². The maximum atomic E-state index is 11.4. The Bertz CT molecular complexity index is 669. The van der Waals surface area contributed by atoms with Crippen LogP contribution in [0.4, 0.5) is 0 Å². The summed E-state index contributed by atoms with van der Waals surface area (Å²) in [5, 5.41) is 12.3. The van der Waals surface area contributed by atoms with Crippen molar-refractivity contribution in [3.63, 3.8) is 0 Å². The van der Waals surface area contributed by atoms with E-state index in [1.54, 1.807) is 33.0 Å². The average molecular weight is 263 g/mol. The second-order valence-electron chi connectivity index (χ2n) is 5.13. The van der Waals surface area contributed by atoms with Gasteiger partial charge in [0.25, 0.3) is 0 Å². The van der Waals surface area contributed by atoms with Crippen molar-refractivity contribution >= 4 is 17.0 Å². The molecular weight excluding hydrogens is 246 g/mol. The molecule has 0 saturated carbocycles. The number of aromatic amines is 2. The van der Waals surface area contributed by atoms with Crippen molar-refractivity contribution in [2.45, 2.75) is 19.9 Å². The van der Waals surface area contributed by atoms with E-state index in [1.165, 1.54) is 0 Å². The van der Waals surface area contributed by atoms with Crippen LogP contribution in [0.2, 0.25) is 0 Å². The number of carboxylic acids is 1. The molecule has 0 fully saturated rings. The quantitative estimate of drug-likeness (QED) is 0.666. The van der Waals surface area contributed by atoms with Crippen LogP contribution in [-0.2, 0) is 4.79 Å². The molecule has 2 aromatic rings. The standard InChI is InChI=1S/C13H17N3O3/c1-13(2,11(17)18)10(14-3)7-4-5-8-9(6-7)16-12(19)15-8/h4-6,10,14H,1-3H3,(H,17,18)(H2,15,16,19). The molecule has 1 aromatic heterocycles. The molecule has 0 radical (unpaired) electrons. The molecule has 102 valence electrons. The molecule has 2 rings (SSSR count). The molecule has 19 heavy (non-hydrogen) atoms. The monoisotopic (exact) mass is 263 g/mol. The summed E-state index contributed by atoms with van der Waals surface area (Å²) >= 11 is 0. The first-order chi connectivity index (χ1) is 8.86. The van der Waals surface area contributed by atoms with Crippen LogP contribution in [-0.4, -0.2) is 28.1 Å². The topological polar surface area (TPSA) is 98.0 Å². The fraction of sp³-hybridized carbons (Fsp3) is 0.385. The van der Waals surface area contributed by atoms with E-state index in [2.05, 4.69) is 15.3 Å². The molecule has 0 aliphatic heterocycles. The molecule has 1 aromatic carbocycles. The van der Waals surface area contributed by atoms with Gasteiger partial charge in [-0.05, 0) is 38.6 Å². The molecule has 0 aliphatic rings. The second kappa shape index (κ2) is 4.55. The highest BCUT2D eigenvalue weighted by molar-refractivity contribution is 5.77. The highest BCUT2D eigenvalue weighted by Gasteiger charge is 2.37. The van der Waals surface area contributed by atoms with Crippen LogP contribution < -0.4 is 11.0 Å². The number of nitrogens with one attached hydrogen (secondary N) is 3. The Labute approximate surface area is 109 Å². The van der Waals surface area contributed by atoms with Crippen LogP contribution in [0.3, 0.4) is 0 Å². The number of hydrogen-bond donors (Lipinski definition) is 4. The fourth-order valence-corrected chi connectivity index (χ4v) is 2.30. The first kappa shape index (κ1) is 13.4. The number of imidazole rings is 1. The van der Waals surface area contributed by atoms with Gasteiger partial charge in [0.2, 0.25) is 0 Å². The third kappa shape index (κ3) is 2.26. The zero-order chi connectivity index (χ0) is 14.2. The van der Waals surface area contributed by atoms with Crippen LogP contribution in [0.1, 0.15) is 25.5 Å². The Morgan fingerprint density at radius 1 is 1.32 bits per heavy atom. The first-order valence-electron chi connectivity index (χ1n) is 5.99. The number of carboxylic acid groups (broad SMARTS) is 1. The zero-order valence-electron chi connectivity index (χ0n) is 11.1. The SMILES string of the molecule is CNC(c1ccc2[nH]c(=O)[nH]c2c1)C(C)(C)C(=O)O. The van der Waals surface area contributed by atoms with Crippen LogP contribution in [0.25, 0.3) is 11.0 Å². The maximum absolute atomic E-state index is 11.4. The molecule has 1 heterocycles. The van der Waals surface area contributed by atoms with Crippen molar-refractivity contribution in [2.75, 3.05) is 7.05 Å². The third-order valence-electron chi connectivity index (χ3n) is 3.43. The molecule has 0 amide bonds. The van der Waals surface area contributed by atoms with Gasteiger partial charge in [0.15, 0.2) is 0 Å². The molecule has 0 saturated heterocycles. The summed E-state index contributed by atoms with van der Waals surface area (Å²) in [6, 6.07) is 5.02. The summed E-state index contributed by atoms with van der Waals surface area (Å²) in [7, 11) is 1.72. The van der Waals surface area contributed by atoms with Gasteiger partial charge in [-0.2, -0.15) is 0 Å². The number of H-pyrrole nitrogens is 2. The second-order valence-corrected chi connectivity index (χ2v) is 5.13. The number of rotatable bonds is 4. The van der Waals surface area contributed by atoms with E-state index in [0.717, 1.165) is 5.56 Å². The third-order valence-corrected chi connectivity index (χ3v) is 3.43. The Kier molecular flexibility index (Phi) is 3.20. The average Bonchev–Trinajstić information content (AvgIpc) is 2.68. The number of benzene rings is 1. The molecule has 6 nitrogen and oxygen atoms in total. The van der Waals surface area contributed by atoms with Crippen molar-refractivity contribution in [1.82, 2.24) is 15.3 Å². The Hall–Kier alpha value is -2.08. The van der Waals surface area contributed by atoms with Crippen molar-refractivity contribution in [3.8, 4) is 0 Å². The number of aromatic nitrogens is 2. The minimum atomic E-state index is -0.959. The summed E-state index contributed by atoms with van der Waals surface area (Å²) in [6.45, 7) is 3.33. The normalized spacial score (nSPS) is 13.6. The molecule has 6 heteroatoms. The number of hydrogen-bond acceptors (Lipinski definition) is 3. The van der Waals surface area contributed by atoms with Gasteiger partial charge in [0, 0.05) is 6.04 Å². The molecule has 0 bridgehead atoms. The Balaban J connectivity index is 2.51. The van der Waals surface area contributed by atoms with E-state index in [9.17, 15) is 14.7 Å². The van der Waals surface area contributed by atoms with Crippen LogP contribution in [0, 0.1) is 5.41 Å². The molecule has 0 aliphatic carbocycles. The van der Waals surface area contributed by atoms with Crippen molar-refractivity contribution in [2.24, 2.45) is 5.41 Å². The molecular formula is C13H17N3O3. The molecule has 4 N–H and O–H groups in total. The molecule has 1 unspecified atom stereocenters. The van der Waals surface area contributed by atoms with Gasteiger partial charge in [0.05, 0.1) is 16.4 Å². The summed E-state index contributed by atoms with van der Waals surface area (Å²) < 4.78 is 0. The van der Waals surface area contributed by atoms with Crippen LogP contribution in [0.15, 0.2) is 23.0 Å². The summed E-state index contributed by atoms with van der Waals surface area (Å²) in [5.74, 6) is -0.880. The number of aliphatic carboxylic acids is 1. The van der Waals surface area contributed by atoms with E-state index in [0.29, 0.717) is 11.0 Å².